The Morgan fingerprint density at radius 2 is 1.59 bits per heavy atom. The number of carbonyl (C=O) groups is 1. The maximum absolute atomic E-state index is 14.4. The molecule has 0 saturated heterocycles. The second-order valence-corrected chi connectivity index (χ2v) is 7.39. The van der Waals surface area contributed by atoms with Crippen LogP contribution in [0.15, 0.2) is 66.7 Å². The number of aromatic nitrogens is 1. The summed E-state index contributed by atoms with van der Waals surface area (Å²) in [5, 5.41) is 9.70. The lowest BCUT2D eigenvalue weighted by Gasteiger charge is -2.16. The number of hydrogen-bond acceptors (Lipinski definition) is 2. The summed E-state index contributed by atoms with van der Waals surface area (Å²) in [4.78, 5) is 16.1. The topological polar surface area (TPSA) is 50.2 Å². The van der Waals surface area contributed by atoms with E-state index in [0.717, 1.165) is 24.3 Å². The summed E-state index contributed by atoms with van der Waals surface area (Å²) < 4.78 is 67.6. The summed E-state index contributed by atoms with van der Waals surface area (Å²) in [6, 6.07) is 9.97. The van der Waals surface area contributed by atoms with Crippen molar-refractivity contribution in [3.05, 3.63) is 89.5 Å². The van der Waals surface area contributed by atoms with Gasteiger partial charge in [0.05, 0.1) is 28.4 Å². The van der Waals surface area contributed by atoms with Crippen molar-refractivity contribution in [1.82, 2.24) is 4.98 Å². The zero-order valence-corrected chi connectivity index (χ0v) is 16.9. The van der Waals surface area contributed by atoms with E-state index in [9.17, 15) is 31.9 Å². The van der Waals surface area contributed by atoms with E-state index in [2.05, 4.69) is 11.6 Å². The Hall–Kier alpha value is -3.55. The van der Waals surface area contributed by atoms with E-state index in [1.165, 1.54) is 30.3 Å². The molecule has 1 N–H and O–H groups in total. The Labute approximate surface area is 180 Å². The summed E-state index contributed by atoms with van der Waals surface area (Å²) >= 11 is 0. The third kappa shape index (κ3) is 5.01. The summed E-state index contributed by atoms with van der Waals surface area (Å²) in [7, 11) is 0. The van der Waals surface area contributed by atoms with Crippen LogP contribution in [0.1, 0.15) is 30.4 Å². The van der Waals surface area contributed by atoms with Gasteiger partial charge in [0.15, 0.2) is 0 Å². The van der Waals surface area contributed by atoms with Crippen LogP contribution in [-0.2, 0) is 11.0 Å². The number of carboxylic acids is 1. The first-order valence-corrected chi connectivity index (χ1v) is 9.48. The molecule has 0 fully saturated rings. The average Bonchev–Trinajstić information content (AvgIpc) is 2.71. The van der Waals surface area contributed by atoms with E-state index in [-0.39, 0.29) is 28.9 Å². The van der Waals surface area contributed by atoms with Gasteiger partial charge >= 0.3 is 12.1 Å². The molecule has 3 aromatic rings. The fourth-order valence-corrected chi connectivity index (χ4v) is 3.30. The number of hydrogen-bond donors (Lipinski definition) is 1. The molecule has 0 bridgehead atoms. The van der Waals surface area contributed by atoms with E-state index >= 15 is 0 Å². The minimum atomic E-state index is -4.54. The summed E-state index contributed by atoms with van der Waals surface area (Å²) in [6.07, 6.45) is -4.48. The van der Waals surface area contributed by atoms with Gasteiger partial charge in [0.2, 0.25) is 0 Å². The molecule has 8 heteroatoms. The molecule has 3 nitrogen and oxygen atoms in total. The van der Waals surface area contributed by atoms with E-state index in [0.29, 0.717) is 5.57 Å². The summed E-state index contributed by atoms with van der Waals surface area (Å²) in [5.41, 5.74) is -0.405. The van der Waals surface area contributed by atoms with Gasteiger partial charge in [-0.25, -0.2) is 13.8 Å². The van der Waals surface area contributed by atoms with Crippen LogP contribution in [0.3, 0.4) is 0 Å². The lowest BCUT2D eigenvalue weighted by atomic mass is 9.90. The van der Waals surface area contributed by atoms with Crippen LogP contribution in [0.25, 0.3) is 22.5 Å². The Kier molecular flexibility index (Phi) is 6.43. The molecule has 1 heterocycles. The van der Waals surface area contributed by atoms with Gasteiger partial charge in [-0.3, -0.25) is 4.79 Å². The van der Waals surface area contributed by atoms with Crippen LogP contribution in [0.2, 0.25) is 0 Å². The molecule has 32 heavy (non-hydrogen) atoms. The molecule has 1 unspecified atom stereocenters. The highest BCUT2D eigenvalue weighted by atomic mass is 19.4. The first kappa shape index (κ1) is 23.1. The third-order valence-electron chi connectivity index (χ3n) is 4.83. The van der Waals surface area contributed by atoms with Crippen molar-refractivity contribution in [3.63, 3.8) is 0 Å². The number of rotatable bonds is 6. The standard InChI is InChI=1S/C24H18F5NO2/c1-13(2)10-17(23(31)32)15-11-20(14-6-8-16(9-7-14)24(27,28)29)30-21(12-15)22-18(25)4-3-5-19(22)26/h3-9,11-12,17H,1,10H2,2H3,(H,31,32). The monoisotopic (exact) mass is 447 g/mol. The third-order valence-corrected chi connectivity index (χ3v) is 4.83. The molecule has 0 radical (unpaired) electrons. The minimum Gasteiger partial charge on any atom is -0.481 e. The van der Waals surface area contributed by atoms with Gasteiger partial charge in [-0.1, -0.05) is 23.8 Å². The molecule has 0 amide bonds. The van der Waals surface area contributed by atoms with Crippen molar-refractivity contribution in [2.75, 3.05) is 0 Å². The number of allylic oxidation sites excluding steroid dienone is 1. The molecule has 0 saturated carbocycles. The zero-order valence-electron chi connectivity index (χ0n) is 16.9. The van der Waals surface area contributed by atoms with Crippen LogP contribution >= 0.6 is 0 Å². The molecule has 2 aromatic carbocycles. The number of aliphatic carboxylic acids is 1. The Morgan fingerprint density at radius 3 is 2.09 bits per heavy atom. The van der Waals surface area contributed by atoms with E-state index in [4.69, 9.17) is 0 Å². The molecule has 0 aliphatic carbocycles. The van der Waals surface area contributed by atoms with Crippen molar-refractivity contribution in [2.24, 2.45) is 0 Å². The fraction of sp³-hybridized carbons (Fsp3) is 0.167. The Balaban J connectivity index is 2.23. The highest BCUT2D eigenvalue weighted by molar-refractivity contribution is 5.79. The largest absolute Gasteiger partial charge is 0.481 e. The number of halogens is 5. The lowest BCUT2D eigenvalue weighted by molar-refractivity contribution is -0.139. The maximum Gasteiger partial charge on any atom is 0.416 e. The molecule has 166 valence electrons. The van der Waals surface area contributed by atoms with Crippen LogP contribution < -0.4 is 0 Å². The molecule has 0 spiro atoms. The minimum absolute atomic E-state index is 0.0605. The molecule has 0 aliphatic rings. The second-order valence-electron chi connectivity index (χ2n) is 7.39. The van der Waals surface area contributed by atoms with Gasteiger partial charge in [0.1, 0.15) is 11.6 Å². The van der Waals surface area contributed by atoms with Gasteiger partial charge in [-0.15, -0.1) is 6.58 Å². The number of benzene rings is 2. The number of nitrogens with zero attached hydrogens (tertiary/aromatic N) is 1. The molecular weight excluding hydrogens is 429 g/mol. The Morgan fingerprint density at radius 1 is 1.03 bits per heavy atom. The van der Waals surface area contributed by atoms with Gasteiger partial charge in [0, 0.05) is 5.56 Å². The summed E-state index contributed by atoms with van der Waals surface area (Å²) in [5.74, 6) is -4.07. The van der Waals surface area contributed by atoms with Gasteiger partial charge in [0.25, 0.3) is 0 Å². The van der Waals surface area contributed by atoms with Crippen molar-refractivity contribution < 1.29 is 31.9 Å². The zero-order chi connectivity index (χ0) is 23.6. The van der Waals surface area contributed by atoms with E-state index < -0.39 is 40.8 Å². The number of carboxylic acid groups (broad SMARTS) is 1. The van der Waals surface area contributed by atoms with Crippen molar-refractivity contribution >= 4 is 5.97 Å². The lowest BCUT2D eigenvalue weighted by Crippen LogP contribution is -2.13. The van der Waals surface area contributed by atoms with Crippen LogP contribution in [0.4, 0.5) is 22.0 Å². The molecule has 0 aliphatic heterocycles. The fourth-order valence-electron chi connectivity index (χ4n) is 3.30. The van der Waals surface area contributed by atoms with E-state index in [1.54, 1.807) is 6.92 Å². The molecule has 1 atom stereocenters. The van der Waals surface area contributed by atoms with Crippen LogP contribution in [-0.4, -0.2) is 16.1 Å². The number of alkyl halides is 3. The van der Waals surface area contributed by atoms with Gasteiger partial charge in [-0.2, -0.15) is 13.2 Å². The van der Waals surface area contributed by atoms with Gasteiger partial charge in [-0.05, 0) is 55.3 Å². The van der Waals surface area contributed by atoms with Crippen molar-refractivity contribution in [1.29, 1.82) is 0 Å². The normalized spacial score (nSPS) is 12.4. The quantitative estimate of drug-likeness (QED) is 0.332. The smallest absolute Gasteiger partial charge is 0.416 e. The predicted molar refractivity (Wildman–Crippen MR) is 110 cm³/mol. The highest BCUT2D eigenvalue weighted by Gasteiger charge is 2.30. The molecule has 3 rings (SSSR count). The second kappa shape index (κ2) is 8.90. The van der Waals surface area contributed by atoms with Crippen molar-refractivity contribution in [3.8, 4) is 22.5 Å². The first-order chi connectivity index (χ1) is 15.0. The number of pyridine rings is 1. The summed E-state index contributed by atoms with van der Waals surface area (Å²) in [6.45, 7) is 5.36. The maximum atomic E-state index is 14.4. The predicted octanol–water partition coefficient (Wildman–Crippen LogP) is 6.85. The van der Waals surface area contributed by atoms with Crippen LogP contribution in [0, 0.1) is 11.6 Å². The first-order valence-electron chi connectivity index (χ1n) is 9.48. The van der Waals surface area contributed by atoms with Crippen LogP contribution in [0.5, 0.6) is 0 Å². The highest BCUT2D eigenvalue weighted by Crippen LogP contribution is 2.35. The van der Waals surface area contributed by atoms with Crippen molar-refractivity contribution in [2.45, 2.75) is 25.4 Å². The SMILES string of the molecule is C=C(C)CC(C(=O)O)c1cc(-c2ccc(C(F)(F)F)cc2)nc(-c2c(F)cccc2F)c1. The Bertz CT molecular complexity index is 1150. The average molecular weight is 447 g/mol. The molecular formula is C24H18F5NO2. The van der Waals surface area contributed by atoms with Gasteiger partial charge < -0.3 is 5.11 Å². The molecule has 1 aromatic heterocycles. The van der Waals surface area contributed by atoms with E-state index in [1.807, 2.05) is 0 Å².